The smallest absolute Gasteiger partial charge is 0.166 e. The number of anilines is 1. The molecule has 0 radical (unpaired) electrons. The zero-order chi connectivity index (χ0) is 21.4. The number of aromatic nitrogens is 1. The zero-order valence-electron chi connectivity index (χ0n) is 17.9. The van der Waals surface area contributed by atoms with E-state index >= 15 is 0 Å². The van der Waals surface area contributed by atoms with Gasteiger partial charge < -0.3 is 25.7 Å². The van der Waals surface area contributed by atoms with Crippen LogP contribution >= 0.6 is 0 Å². The van der Waals surface area contributed by atoms with Gasteiger partial charge in [0.05, 0.1) is 16.7 Å². The number of aromatic amines is 1. The van der Waals surface area contributed by atoms with Gasteiger partial charge in [0.1, 0.15) is 0 Å². The Balaban J connectivity index is 1.42. The van der Waals surface area contributed by atoms with Crippen molar-refractivity contribution in [3.63, 3.8) is 0 Å². The number of nitrogens with two attached hydrogens (primary N) is 1. The molecule has 4 atom stereocenters. The van der Waals surface area contributed by atoms with Crippen molar-refractivity contribution < 1.29 is 14.9 Å². The number of phenolic OH excluding ortho intramolecular Hbond substituents is 1. The summed E-state index contributed by atoms with van der Waals surface area (Å²) in [6.45, 7) is 2.03. The van der Waals surface area contributed by atoms with Gasteiger partial charge in [-0.2, -0.15) is 0 Å². The highest BCUT2D eigenvalue weighted by molar-refractivity contribution is 5.88. The van der Waals surface area contributed by atoms with Crippen molar-refractivity contribution >= 4 is 16.6 Å². The fourth-order valence-corrected chi connectivity index (χ4v) is 7.65. The van der Waals surface area contributed by atoms with E-state index in [0.29, 0.717) is 12.2 Å². The molecule has 0 unspecified atom stereocenters. The quantitative estimate of drug-likeness (QED) is 0.470. The molecule has 5 aliphatic rings. The number of H-pyrrole nitrogens is 1. The van der Waals surface area contributed by atoms with Crippen LogP contribution in [-0.2, 0) is 18.3 Å². The molecule has 2 aliphatic heterocycles. The fourth-order valence-electron chi connectivity index (χ4n) is 7.65. The van der Waals surface area contributed by atoms with Crippen molar-refractivity contribution in [1.82, 2.24) is 9.88 Å². The molecule has 8 rings (SSSR count). The summed E-state index contributed by atoms with van der Waals surface area (Å²) in [6, 6.07) is 9.83. The van der Waals surface area contributed by atoms with Crippen LogP contribution in [0.2, 0.25) is 0 Å². The Hall–Kier alpha value is -2.70. The second kappa shape index (κ2) is 5.43. The summed E-state index contributed by atoms with van der Waals surface area (Å²) in [6.07, 6.45) is 4.50. The Kier molecular flexibility index (Phi) is 3.02. The van der Waals surface area contributed by atoms with E-state index in [1.807, 2.05) is 12.1 Å². The van der Waals surface area contributed by atoms with Gasteiger partial charge in [0.2, 0.25) is 0 Å². The van der Waals surface area contributed by atoms with Gasteiger partial charge in [0.15, 0.2) is 17.6 Å². The van der Waals surface area contributed by atoms with E-state index in [4.69, 9.17) is 10.5 Å². The second-order valence-corrected chi connectivity index (χ2v) is 10.7. The monoisotopic (exact) mass is 429 g/mol. The Morgan fingerprint density at radius 3 is 2.94 bits per heavy atom. The Labute approximate surface area is 186 Å². The van der Waals surface area contributed by atoms with E-state index < -0.39 is 11.0 Å². The van der Waals surface area contributed by atoms with Crippen molar-refractivity contribution in [3.8, 4) is 11.5 Å². The number of hydrogen-bond acceptors (Lipinski definition) is 5. The predicted molar refractivity (Wildman–Crippen MR) is 121 cm³/mol. The molecule has 164 valence electrons. The maximum atomic E-state index is 12.7. The molecule has 2 aromatic carbocycles. The van der Waals surface area contributed by atoms with E-state index in [2.05, 4.69) is 22.0 Å². The summed E-state index contributed by atoms with van der Waals surface area (Å²) in [5, 5.41) is 24.6. The Bertz CT molecular complexity index is 1330. The number of rotatable bonds is 2. The van der Waals surface area contributed by atoms with Gasteiger partial charge in [0.25, 0.3) is 0 Å². The van der Waals surface area contributed by atoms with E-state index in [9.17, 15) is 10.2 Å². The third-order valence-corrected chi connectivity index (χ3v) is 9.19. The second-order valence-electron chi connectivity index (χ2n) is 10.7. The van der Waals surface area contributed by atoms with Crippen molar-refractivity contribution in [2.75, 3.05) is 18.8 Å². The Morgan fingerprint density at radius 2 is 2.09 bits per heavy atom. The van der Waals surface area contributed by atoms with Gasteiger partial charge in [-0.1, -0.05) is 12.1 Å². The molecule has 1 aromatic heterocycles. The lowest BCUT2D eigenvalue weighted by molar-refractivity contribution is -0.173. The first-order chi connectivity index (χ1) is 15.5. The SMILES string of the molecule is Nc1ccc2c3c([nH]c2c1)[C@@H]1Oc2c(O)ccc4c2[C@@]12CCN(CC1CC1)[C@H](C4)[C@]2(O)C3. The molecule has 3 aromatic rings. The van der Waals surface area contributed by atoms with E-state index in [1.54, 1.807) is 6.07 Å². The number of likely N-dealkylation sites (tertiary alicyclic amines) is 1. The van der Waals surface area contributed by atoms with Gasteiger partial charge >= 0.3 is 0 Å². The number of aromatic hydroxyl groups is 1. The minimum absolute atomic E-state index is 0.0535. The van der Waals surface area contributed by atoms with Gasteiger partial charge in [-0.3, -0.25) is 4.90 Å². The minimum atomic E-state index is -0.944. The first-order valence-electron chi connectivity index (χ1n) is 11.9. The topological polar surface area (TPSA) is 94.7 Å². The van der Waals surface area contributed by atoms with Crippen LogP contribution in [0, 0.1) is 5.92 Å². The third kappa shape index (κ3) is 1.88. The highest BCUT2D eigenvalue weighted by Gasteiger charge is 2.72. The lowest BCUT2D eigenvalue weighted by Crippen LogP contribution is -2.74. The molecule has 3 aliphatic carbocycles. The lowest BCUT2D eigenvalue weighted by atomic mass is 9.49. The largest absolute Gasteiger partial charge is 0.504 e. The molecule has 1 saturated heterocycles. The number of benzene rings is 2. The number of nitrogen functional groups attached to an aromatic ring is 1. The van der Waals surface area contributed by atoms with Gasteiger partial charge in [-0.15, -0.1) is 0 Å². The van der Waals surface area contributed by atoms with Crippen LogP contribution in [0.1, 0.15) is 47.8 Å². The molecule has 6 nitrogen and oxygen atoms in total. The molecule has 1 spiro atoms. The number of fused-ring (bicyclic) bond motifs is 4. The first-order valence-corrected chi connectivity index (χ1v) is 11.9. The van der Waals surface area contributed by atoms with Crippen LogP contribution in [0.15, 0.2) is 30.3 Å². The molecule has 0 amide bonds. The standard InChI is InChI=1S/C26H27N3O3/c27-15-4-5-16-17-11-26(31)20-9-14-3-6-19(30)23-21(14)25(26,7-8-29(20)12-13-1-2-13)24(32-23)22(17)28-18(16)10-15/h3-6,10,13,20,24,28,30-31H,1-2,7-9,11-12,27H2/t20-,24+,25+,26-/m1/s1. The maximum absolute atomic E-state index is 12.7. The number of piperidine rings is 1. The average molecular weight is 430 g/mol. The number of ether oxygens (including phenoxy) is 1. The molecular weight excluding hydrogens is 402 g/mol. The van der Waals surface area contributed by atoms with E-state index in [-0.39, 0.29) is 17.9 Å². The molecule has 32 heavy (non-hydrogen) atoms. The summed E-state index contributed by atoms with van der Waals surface area (Å²) in [5.41, 5.74) is 10.7. The summed E-state index contributed by atoms with van der Waals surface area (Å²) >= 11 is 0. The average Bonchev–Trinajstić information content (AvgIpc) is 3.41. The predicted octanol–water partition coefficient (Wildman–Crippen LogP) is 3.15. The van der Waals surface area contributed by atoms with Crippen LogP contribution in [0.5, 0.6) is 11.5 Å². The van der Waals surface area contributed by atoms with Gasteiger partial charge in [-0.05, 0) is 67.5 Å². The van der Waals surface area contributed by atoms with E-state index in [1.165, 1.54) is 18.4 Å². The third-order valence-electron chi connectivity index (χ3n) is 9.19. The van der Waals surface area contributed by atoms with Crippen molar-refractivity contribution in [2.24, 2.45) is 5.92 Å². The number of phenols is 1. The molecule has 6 heteroatoms. The maximum Gasteiger partial charge on any atom is 0.166 e. The fraction of sp³-hybridized carbons (Fsp3) is 0.462. The van der Waals surface area contributed by atoms with Gasteiger partial charge in [-0.25, -0.2) is 0 Å². The van der Waals surface area contributed by atoms with Gasteiger partial charge in [0, 0.05) is 41.2 Å². The zero-order valence-corrected chi connectivity index (χ0v) is 17.9. The molecule has 1 saturated carbocycles. The molecule has 3 heterocycles. The number of nitrogens with one attached hydrogen (secondary N) is 1. The molecule has 2 bridgehead atoms. The van der Waals surface area contributed by atoms with Crippen LogP contribution < -0.4 is 10.5 Å². The highest BCUT2D eigenvalue weighted by atomic mass is 16.5. The molecular formula is C26H27N3O3. The van der Waals surface area contributed by atoms with Crippen LogP contribution in [0.3, 0.4) is 0 Å². The summed E-state index contributed by atoms with van der Waals surface area (Å²) in [7, 11) is 0. The van der Waals surface area contributed by atoms with Crippen LogP contribution in [0.25, 0.3) is 10.9 Å². The number of aliphatic hydroxyl groups is 1. The summed E-state index contributed by atoms with van der Waals surface area (Å²) in [5.74, 6) is 1.52. The number of nitrogens with zero attached hydrogens (tertiary/aromatic N) is 1. The molecule has 2 fully saturated rings. The van der Waals surface area contributed by atoms with Crippen molar-refractivity contribution in [3.05, 3.63) is 52.7 Å². The minimum Gasteiger partial charge on any atom is -0.504 e. The number of hydrogen-bond donors (Lipinski definition) is 4. The van der Waals surface area contributed by atoms with E-state index in [0.717, 1.165) is 65.3 Å². The molecule has 5 N–H and O–H groups in total. The summed E-state index contributed by atoms with van der Waals surface area (Å²) in [4.78, 5) is 6.17. The first kappa shape index (κ1) is 17.8. The lowest BCUT2D eigenvalue weighted by Gasteiger charge is -2.62. The summed E-state index contributed by atoms with van der Waals surface area (Å²) < 4.78 is 6.60. The normalized spacial score (nSPS) is 34.3. The van der Waals surface area contributed by atoms with Crippen molar-refractivity contribution in [2.45, 2.75) is 55.3 Å². The van der Waals surface area contributed by atoms with Crippen LogP contribution in [0.4, 0.5) is 5.69 Å². The highest BCUT2D eigenvalue weighted by Crippen LogP contribution is 2.69. The van der Waals surface area contributed by atoms with Crippen molar-refractivity contribution in [1.29, 1.82) is 0 Å². The van der Waals surface area contributed by atoms with Crippen LogP contribution in [-0.4, -0.2) is 44.8 Å². The Morgan fingerprint density at radius 1 is 1.22 bits per heavy atom.